The summed E-state index contributed by atoms with van der Waals surface area (Å²) < 4.78 is 18.5. The molecule has 30 heavy (non-hydrogen) atoms. The quantitative estimate of drug-likeness (QED) is 0.347. The van der Waals surface area contributed by atoms with Crippen molar-refractivity contribution in [1.29, 1.82) is 0 Å². The van der Waals surface area contributed by atoms with Crippen LogP contribution in [0, 0.1) is 0 Å². The number of hydrogen-bond acceptors (Lipinski definition) is 8. The fourth-order valence-corrected chi connectivity index (χ4v) is 5.48. The molecule has 0 spiro atoms. The van der Waals surface area contributed by atoms with Gasteiger partial charge in [0.25, 0.3) is 5.56 Å². The van der Waals surface area contributed by atoms with Crippen molar-refractivity contribution in [2.24, 2.45) is 0 Å². The summed E-state index contributed by atoms with van der Waals surface area (Å²) in [5, 5.41) is 5.14. The molecular weight excluding hydrogens is 412 g/mol. The van der Waals surface area contributed by atoms with Crippen LogP contribution >= 0.6 is 0 Å². The lowest BCUT2D eigenvalue weighted by molar-refractivity contribution is -0.114. The maximum atomic E-state index is 12.6. The highest BCUT2D eigenvalue weighted by atomic mass is 28.4. The molecule has 0 aromatic carbocycles. The van der Waals surface area contributed by atoms with Gasteiger partial charge >= 0.3 is 14.8 Å². The van der Waals surface area contributed by atoms with Crippen LogP contribution in [-0.2, 0) is 18.1 Å². The highest BCUT2D eigenvalue weighted by Gasteiger charge is 2.39. The van der Waals surface area contributed by atoms with E-state index in [2.05, 4.69) is 25.6 Å². The molecule has 2 amide bonds. The third-order valence-corrected chi connectivity index (χ3v) is 7.10. The van der Waals surface area contributed by atoms with Crippen molar-refractivity contribution in [3.05, 3.63) is 16.7 Å². The molecule has 0 saturated heterocycles. The van der Waals surface area contributed by atoms with Gasteiger partial charge in [-0.1, -0.05) is 0 Å². The number of anilines is 1. The predicted octanol–water partition coefficient (Wildman–Crippen LogP) is 1.07. The number of hydrogen-bond donors (Lipinski definition) is 3. The van der Waals surface area contributed by atoms with Gasteiger partial charge < -0.3 is 18.6 Å². The van der Waals surface area contributed by atoms with Crippen LogP contribution in [0.25, 0.3) is 11.2 Å². The number of imidazole rings is 1. The van der Waals surface area contributed by atoms with Crippen LogP contribution in [-0.4, -0.2) is 66.6 Å². The van der Waals surface area contributed by atoms with Crippen molar-refractivity contribution in [2.45, 2.75) is 40.2 Å². The highest BCUT2D eigenvalue weighted by Crippen LogP contribution is 2.18. The Hall–Kier alpha value is -2.61. The summed E-state index contributed by atoms with van der Waals surface area (Å²) in [6.07, 6.45) is 1.79. The van der Waals surface area contributed by atoms with E-state index in [-0.39, 0.29) is 17.1 Å². The minimum absolute atomic E-state index is 0.00489. The summed E-state index contributed by atoms with van der Waals surface area (Å²) in [4.78, 5) is 46.3. The molecule has 2 heterocycles. The van der Waals surface area contributed by atoms with Gasteiger partial charge in [-0.25, -0.2) is 14.3 Å². The van der Waals surface area contributed by atoms with Crippen LogP contribution in [0.2, 0.25) is 6.04 Å². The molecule has 0 bridgehead atoms. The normalized spacial score (nSPS) is 11.6. The molecule has 13 heteroatoms. The highest BCUT2D eigenvalue weighted by molar-refractivity contribution is 6.60. The molecular formula is C17H28N6O6Si. The van der Waals surface area contributed by atoms with Gasteiger partial charge in [0.2, 0.25) is 11.9 Å². The summed E-state index contributed by atoms with van der Waals surface area (Å²) in [5.41, 5.74) is -0.521. The summed E-state index contributed by atoms with van der Waals surface area (Å²) >= 11 is 0. The lowest BCUT2D eigenvalue weighted by atomic mass is 10.5. The number of aromatic amines is 1. The average molecular weight is 441 g/mol. The van der Waals surface area contributed by atoms with Gasteiger partial charge in [0.1, 0.15) is 6.33 Å². The van der Waals surface area contributed by atoms with Crippen molar-refractivity contribution >= 4 is 37.9 Å². The van der Waals surface area contributed by atoms with Crippen molar-refractivity contribution in [2.75, 3.05) is 31.7 Å². The maximum Gasteiger partial charge on any atom is 0.500 e. The van der Waals surface area contributed by atoms with Gasteiger partial charge in [-0.05, 0) is 27.2 Å². The van der Waals surface area contributed by atoms with Crippen molar-refractivity contribution in [3.8, 4) is 0 Å². The SMILES string of the molecule is CCO[Si](CCCNC(=O)n1cnc2c(=O)[nH]c(NC(C)=O)nc21)(OCC)OCC. The smallest absolute Gasteiger partial charge is 0.374 e. The molecule has 0 aliphatic heterocycles. The molecule has 12 nitrogen and oxygen atoms in total. The zero-order valence-electron chi connectivity index (χ0n) is 17.6. The summed E-state index contributed by atoms with van der Waals surface area (Å²) in [5.74, 6) is -0.464. The Labute approximate surface area is 174 Å². The second-order valence-corrected chi connectivity index (χ2v) is 8.93. The first-order valence-electron chi connectivity index (χ1n) is 9.80. The molecule has 0 saturated carbocycles. The van der Waals surface area contributed by atoms with Gasteiger partial charge in [0, 0.05) is 39.3 Å². The first-order chi connectivity index (χ1) is 14.4. The van der Waals surface area contributed by atoms with E-state index >= 15 is 0 Å². The zero-order valence-corrected chi connectivity index (χ0v) is 18.6. The molecule has 2 aromatic heterocycles. The lowest BCUT2D eigenvalue weighted by Gasteiger charge is -2.28. The molecule has 0 radical (unpaired) electrons. The number of aromatic nitrogens is 4. The molecule has 166 valence electrons. The molecule has 0 aliphatic carbocycles. The monoisotopic (exact) mass is 440 g/mol. The summed E-state index contributed by atoms with van der Waals surface area (Å²) in [7, 11) is -2.78. The Morgan fingerprint density at radius 1 is 1.17 bits per heavy atom. The van der Waals surface area contributed by atoms with Gasteiger partial charge in [-0.2, -0.15) is 4.98 Å². The van der Waals surface area contributed by atoms with E-state index in [9.17, 15) is 14.4 Å². The Balaban J connectivity index is 2.05. The van der Waals surface area contributed by atoms with Gasteiger partial charge in [-0.15, -0.1) is 0 Å². The largest absolute Gasteiger partial charge is 0.500 e. The van der Waals surface area contributed by atoms with Crippen LogP contribution in [0.1, 0.15) is 34.1 Å². The topological polar surface area (TPSA) is 149 Å². The van der Waals surface area contributed by atoms with Crippen LogP contribution in [0.3, 0.4) is 0 Å². The number of carbonyl (C=O) groups is 2. The first kappa shape index (κ1) is 23.7. The molecule has 0 unspecified atom stereocenters. The fourth-order valence-electron chi connectivity index (χ4n) is 2.87. The van der Waals surface area contributed by atoms with E-state index in [0.717, 1.165) is 4.57 Å². The summed E-state index contributed by atoms with van der Waals surface area (Å²) in [6.45, 7) is 8.72. The van der Waals surface area contributed by atoms with Crippen molar-refractivity contribution in [1.82, 2.24) is 24.8 Å². The minimum Gasteiger partial charge on any atom is -0.374 e. The molecule has 3 N–H and O–H groups in total. The van der Waals surface area contributed by atoms with E-state index in [1.807, 2.05) is 20.8 Å². The molecule has 2 rings (SSSR count). The van der Waals surface area contributed by atoms with Crippen molar-refractivity contribution in [3.63, 3.8) is 0 Å². The number of amides is 2. The number of nitrogens with one attached hydrogen (secondary N) is 3. The Morgan fingerprint density at radius 2 is 1.80 bits per heavy atom. The zero-order chi connectivity index (χ0) is 22.1. The number of rotatable bonds is 11. The first-order valence-corrected chi connectivity index (χ1v) is 11.7. The second-order valence-electron chi connectivity index (χ2n) is 6.20. The maximum absolute atomic E-state index is 12.6. The van der Waals surface area contributed by atoms with Crippen molar-refractivity contribution < 1.29 is 22.9 Å². The Kier molecular flexibility index (Phi) is 8.65. The fraction of sp³-hybridized carbons (Fsp3) is 0.588. The van der Waals surface area contributed by atoms with Gasteiger partial charge in [0.05, 0.1) is 0 Å². The number of carbonyl (C=O) groups excluding carboxylic acids is 2. The molecule has 0 aliphatic rings. The van der Waals surface area contributed by atoms with Gasteiger partial charge in [0.15, 0.2) is 11.2 Å². The van der Waals surface area contributed by atoms with E-state index in [1.165, 1.54) is 13.3 Å². The van der Waals surface area contributed by atoms with Crippen LogP contribution in [0.5, 0.6) is 0 Å². The molecule has 0 fully saturated rings. The third kappa shape index (κ3) is 5.95. The van der Waals surface area contributed by atoms with Crippen LogP contribution < -0.4 is 16.2 Å². The average Bonchev–Trinajstić information content (AvgIpc) is 3.10. The second kappa shape index (κ2) is 11.0. The Bertz CT molecular complexity index is 912. The number of fused-ring (bicyclic) bond motifs is 1. The lowest BCUT2D eigenvalue weighted by Crippen LogP contribution is -2.46. The van der Waals surface area contributed by atoms with Gasteiger partial charge in [-0.3, -0.25) is 19.9 Å². The van der Waals surface area contributed by atoms with E-state index < -0.39 is 26.3 Å². The van der Waals surface area contributed by atoms with Crippen LogP contribution in [0.15, 0.2) is 11.1 Å². The third-order valence-electron chi connectivity index (χ3n) is 3.95. The van der Waals surface area contributed by atoms with Crippen LogP contribution in [0.4, 0.5) is 10.7 Å². The predicted molar refractivity (Wildman–Crippen MR) is 111 cm³/mol. The molecule has 0 atom stereocenters. The Morgan fingerprint density at radius 3 is 2.37 bits per heavy atom. The minimum atomic E-state index is -2.78. The standard InChI is InChI=1S/C17H28N6O6Si/c1-5-27-30(28-6-2,29-7-3)10-8-9-18-17(26)23-11-19-13-14(23)21-16(20-12(4)24)22-15(13)25/h11H,5-10H2,1-4H3,(H,18,26)(H2,20,21,22,24,25). The molecule has 2 aromatic rings. The number of nitrogens with zero attached hydrogens (tertiary/aromatic N) is 3. The summed E-state index contributed by atoms with van der Waals surface area (Å²) in [6, 6.07) is 0.0545. The number of H-pyrrole nitrogens is 1. The van der Waals surface area contributed by atoms with E-state index in [0.29, 0.717) is 38.8 Å². The van der Waals surface area contributed by atoms with E-state index in [1.54, 1.807) is 0 Å². The van der Waals surface area contributed by atoms with E-state index in [4.69, 9.17) is 13.3 Å².